The molecular weight excluding hydrogens is 252 g/mol. The lowest BCUT2D eigenvalue weighted by Crippen LogP contribution is -2.37. The molecular formula is C11H18N4O2S. The van der Waals surface area contributed by atoms with Crippen molar-refractivity contribution in [2.45, 2.75) is 32.0 Å². The van der Waals surface area contributed by atoms with Crippen molar-refractivity contribution in [3.63, 3.8) is 0 Å². The number of thioether (sulfide) groups is 1. The lowest BCUT2D eigenvalue weighted by Gasteiger charge is -2.16. The van der Waals surface area contributed by atoms with Gasteiger partial charge in [-0.15, -0.1) is 0 Å². The first kappa shape index (κ1) is 14.6. The Bertz CT molecular complexity index is 472. The van der Waals surface area contributed by atoms with E-state index in [1.54, 1.807) is 0 Å². The van der Waals surface area contributed by atoms with Crippen LogP contribution in [0.5, 0.6) is 0 Å². The van der Waals surface area contributed by atoms with Gasteiger partial charge in [0.25, 0.3) is 5.56 Å². The van der Waals surface area contributed by atoms with Crippen molar-refractivity contribution in [2.24, 2.45) is 5.92 Å². The van der Waals surface area contributed by atoms with Gasteiger partial charge >= 0.3 is 0 Å². The van der Waals surface area contributed by atoms with Gasteiger partial charge in [-0.3, -0.25) is 9.59 Å². The van der Waals surface area contributed by atoms with Gasteiger partial charge in [0.2, 0.25) is 5.91 Å². The minimum atomic E-state index is -0.319. The second-order valence-electron chi connectivity index (χ2n) is 4.36. The van der Waals surface area contributed by atoms with Crippen molar-refractivity contribution in [3.05, 3.63) is 16.4 Å². The molecule has 0 aromatic carbocycles. The topological polar surface area (TPSA) is 101 Å². The first-order valence-electron chi connectivity index (χ1n) is 5.67. The maximum Gasteiger partial charge on any atom is 0.253 e. The highest BCUT2D eigenvalue weighted by atomic mass is 32.2. The Morgan fingerprint density at radius 3 is 2.78 bits per heavy atom. The van der Waals surface area contributed by atoms with E-state index < -0.39 is 0 Å². The summed E-state index contributed by atoms with van der Waals surface area (Å²) in [5, 5.41) is 3.22. The molecule has 0 aliphatic heterocycles. The molecule has 0 aliphatic carbocycles. The van der Waals surface area contributed by atoms with Crippen LogP contribution < -0.4 is 16.6 Å². The van der Waals surface area contributed by atoms with Gasteiger partial charge in [-0.25, -0.2) is 4.98 Å². The highest BCUT2D eigenvalue weighted by molar-refractivity contribution is 7.99. The van der Waals surface area contributed by atoms with Crippen molar-refractivity contribution in [2.75, 3.05) is 11.5 Å². The summed E-state index contributed by atoms with van der Waals surface area (Å²) in [5.41, 5.74) is 5.12. The Morgan fingerprint density at radius 1 is 1.56 bits per heavy atom. The Hall–Kier alpha value is -1.50. The van der Waals surface area contributed by atoms with Gasteiger partial charge in [0.15, 0.2) is 5.16 Å². The van der Waals surface area contributed by atoms with Gasteiger partial charge in [-0.2, -0.15) is 0 Å². The summed E-state index contributed by atoms with van der Waals surface area (Å²) in [6.45, 7) is 6.03. The predicted octanol–water partition coefficient (Wildman–Crippen LogP) is 0.605. The molecule has 0 saturated carbocycles. The van der Waals surface area contributed by atoms with Crippen LogP contribution in [0.3, 0.4) is 0 Å². The maximum absolute atomic E-state index is 11.6. The van der Waals surface area contributed by atoms with Crippen molar-refractivity contribution in [1.82, 2.24) is 15.3 Å². The molecule has 1 aromatic heterocycles. The van der Waals surface area contributed by atoms with Crippen molar-refractivity contribution in [3.8, 4) is 0 Å². The van der Waals surface area contributed by atoms with Crippen LogP contribution in [0.2, 0.25) is 0 Å². The molecule has 100 valence electrons. The quantitative estimate of drug-likeness (QED) is 0.537. The number of nitrogens with one attached hydrogen (secondary N) is 2. The monoisotopic (exact) mass is 270 g/mol. The smallest absolute Gasteiger partial charge is 0.253 e. The van der Waals surface area contributed by atoms with Crippen LogP contribution in [0.25, 0.3) is 0 Å². The van der Waals surface area contributed by atoms with Crippen molar-refractivity contribution in [1.29, 1.82) is 0 Å². The number of aromatic amines is 1. The van der Waals surface area contributed by atoms with Gasteiger partial charge in [0, 0.05) is 12.1 Å². The van der Waals surface area contributed by atoms with Crippen LogP contribution in [0, 0.1) is 5.92 Å². The first-order valence-corrected chi connectivity index (χ1v) is 6.66. The van der Waals surface area contributed by atoms with Crippen LogP contribution in [0.4, 0.5) is 5.82 Å². The molecule has 1 aromatic rings. The minimum Gasteiger partial charge on any atom is -0.383 e. The Labute approximate surface area is 110 Å². The molecule has 1 rings (SSSR count). The van der Waals surface area contributed by atoms with Crippen LogP contribution >= 0.6 is 11.8 Å². The summed E-state index contributed by atoms with van der Waals surface area (Å²) >= 11 is 1.15. The number of nitrogen functional groups attached to an aromatic ring is 1. The molecule has 0 radical (unpaired) electrons. The van der Waals surface area contributed by atoms with E-state index in [9.17, 15) is 9.59 Å². The van der Waals surface area contributed by atoms with Crippen LogP contribution in [0.1, 0.15) is 20.8 Å². The molecule has 0 bridgehead atoms. The van der Waals surface area contributed by atoms with Crippen LogP contribution in [-0.2, 0) is 4.79 Å². The Balaban J connectivity index is 2.50. The number of amides is 1. The van der Waals surface area contributed by atoms with Gasteiger partial charge < -0.3 is 16.0 Å². The van der Waals surface area contributed by atoms with Crippen molar-refractivity contribution >= 4 is 23.5 Å². The number of nitrogens with zero attached hydrogens (tertiary/aromatic N) is 1. The molecule has 7 heteroatoms. The molecule has 1 heterocycles. The third-order valence-electron chi connectivity index (χ3n) is 2.47. The molecule has 6 nitrogen and oxygen atoms in total. The van der Waals surface area contributed by atoms with E-state index in [0.717, 1.165) is 11.8 Å². The second-order valence-corrected chi connectivity index (χ2v) is 5.33. The fraction of sp³-hybridized carbons (Fsp3) is 0.545. The van der Waals surface area contributed by atoms with Gasteiger partial charge in [0.1, 0.15) is 5.82 Å². The second kappa shape index (κ2) is 6.44. The summed E-state index contributed by atoms with van der Waals surface area (Å²) < 4.78 is 0. The molecule has 1 unspecified atom stereocenters. The zero-order valence-electron chi connectivity index (χ0n) is 10.7. The summed E-state index contributed by atoms with van der Waals surface area (Å²) in [6, 6.07) is 1.32. The summed E-state index contributed by atoms with van der Waals surface area (Å²) in [5.74, 6) is 0.636. The minimum absolute atomic E-state index is 0.0914. The fourth-order valence-electron chi connectivity index (χ4n) is 1.12. The number of carbonyl (C=O) groups excluding carboxylic acids is 1. The number of hydrogen-bond donors (Lipinski definition) is 3. The predicted molar refractivity (Wildman–Crippen MR) is 72.4 cm³/mol. The largest absolute Gasteiger partial charge is 0.383 e. The third kappa shape index (κ3) is 4.79. The first-order chi connectivity index (χ1) is 8.38. The lowest BCUT2D eigenvalue weighted by atomic mass is 10.1. The highest BCUT2D eigenvalue weighted by Crippen LogP contribution is 2.11. The molecule has 0 spiro atoms. The molecule has 0 aliphatic rings. The molecule has 0 saturated heterocycles. The van der Waals surface area contributed by atoms with E-state index in [0.29, 0.717) is 11.1 Å². The highest BCUT2D eigenvalue weighted by Gasteiger charge is 2.11. The Morgan fingerprint density at radius 2 is 2.22 bits per heavy atom. The summed E-state index contributed by atoms with van der Waals surface area (Å²) in [6.07, 6.45) is 0. The fourth-order valence-corrected chi connectivity index (χ4v) is 1.81. The van der Waals surface area contributed by atoms with Gasteiger partial charge in [-0.05, 0) is 12.8 Å². The van der Waals surface area contributed by atoms with E-state index in [4.69, 9.17) is 5.73 Å². The summed E-state index contributed by atoms with van der Waals surface area (Å²) in [4.78, 5) is 29.2. The standard InChI is InChI=1S/C11H18N4O2S/c1-6(2)7(3)13-10(17)5-18-11-14-8(12)4-9(16)15-11/h4,6-7H,5H2,1-3H3,(H,13,17)(H3,12,14,15,16). The SMILES string of the molecule is CC(C)C(C)NC(=O)CSc1nc(N)cc(=O)[nH]1. The average Bonchev–Trinajstić information content (AvgIpc) is 2.25. The number of rotatable bonds is 5. The Kier molecular flexibility index (Phi) is 5.21. The zero-order valence-corrected chi connectivity index (χ0v) is 11.5. The van der Waals surface area contributed by atoms with Crippen molar-refractivity contribution < 1.29 is 4.79 Å². The molecule has 4 N–H and O–H groups in total. The number of nitrogens with two attached hydrogens (primary N) is 1. The van der Waals surface area contributed by atoms with Gasteiger partial charge in [-0.1, -0.05) is 25.6 Å². The average molecular weight is 270 g/mol. The molecule has 0 fully saturated rings. The van der Waals surface area contributed by atoms with E-state index >= 15 is 0 Å². The van der Waals surface area contributed by atoms with E-state index in [1.807, 2.05) is 20.8 Å². The molecule has 1 amide bonds. The number of carbonyl (C=O) groups is 1. The maximum atomic E-state index is 11.6. The third-order valence-corrected chi connectivity index (χ3v) is 3.34. The lowest BCUT2D eigenvalue weighted by molar-refractivity contribution is -0.119. The van der Waals surface area contributed by atoms with E-state index in [-0.39, 0.29) is 29.1 Å². The van der Waals surface area contributed by atoms with Crippen LogP contribution in [-0.4, -0.2) is 27.7 Å². The number of H-pyrrole nitrogens is 1. The van der Waals surface area contributed by atoms with E-state index in [2.05, 4.69) is 15.3 Å². The molecule has 1 atom stereocenters. The van der Waals surface area contributed by atoms with Crippen LogP contribution in [0.15, 0.2) is 16.0 Å². The zero-order chi connectivity index (χ0) is 13.7. The normalized spacial score (nSPS) is 12.4. The number of anilines is 1. The molecule has 18 heavy (non-hydrogen) atoms. The number of hydrogen-bond acceptors (Lipinski definition) is 5. The summed E-state index contributed by atoms with van der Waals surface area (Å²) in [7, 11) is 0. The van der Waals surface area contributed by atoms with Gasteiger partial charge in [0.05, 0.1) is 5.75 Å². The number of aromatic nitrogens is 2. The van der Waals surface area contributed by atoms with E-state index in [1.165, 1.54) is 6.07 Å².